The number of ether oxygens (including phenoxy) is 1. The maximum absolute atomic E-state index is 12.5. The summed E-state index contributed by atoms with van der Waals surface area (Å²) in [4.78, 5) is 16.1. The van der Waals surface area contributed by atoms with E-state index in [-0.39, 0.29) is 17.6 Å². The quantitative estimate of drug-likeness (QED) is 0.869. The number of carbonyl (C=O) groups excluding carboxylic acids is 1. The Kier molecular flexibility index (Phi) is 5.47. The Hall–Kier alpha value is -1.30. The first-order valence-corrected chi connectivity index (χ1v) is 9.54. The minimum atomic E-state index is -0.478. The molecular formula is C18H31N3O2S. The van der Waals surface area contributed by atoms with Gasteiger partial charge in [-0.25, -0.2) is 4.79 Å². The van der Waals surface area contributed by atoms with Crippen LogP contribution in [0.5, 0.6) is 0 Å². The van der Waals surface area contributed by atoms with Crippen LogP contribution < -0.4 is 4.80 Å². The number of rotatable bonds is 2. The first-order chi connectivity index (χ1) is 11.0. The molecule has 1 aliphatic heterocycles. The molecule has 0 spiro atoms. The van der Waals surface area contributed by atoms with Crippen molar-refractivity contribution in [2.75, 3.05) is 6.54 Å². The summed E-state index contributed by atoms with van der Waals surface area (Å²) >= 11 is 1.52. The maximum atomic E-state index is 12.5. The van der Waals surface area contributed by atoms with Gasteiger partial charge in [-0.15, -0.1) is 11.3 Å². The molecule has 0 saturated carbocycles. The van der Waals surface area contributed by atoms with E-state index in [2.05, 4.69) is 27.0 Å². The predicted octanol–water partition coefficient (Wildman–Crippen LogP) is 4.12. The molecule has 2 heterocycles. The van der Waals surface area contributed by atoms with E-state index in [1.807, 2.05) is 30.2 Å². The number of nitrogens with one attached hydrogen (secondary N) is 1. The third kappa shape index (κ3) is 4.85. The fraction of sp³-hybridized carbons (Fsp3) is 0.778. The maximum Gasteiger partial charge on any atom is 0.410 e. The van der Waals surface area contributed by atoms with E-state index < -0.39 is 5.60 Å². The number of amides is 1. The van der Waals surface area contributed by atoms with Crippen LogP contribution in [0.2, 0.25) is 0 Å². The molecule has 1 aromatic rings. The van der Waals surface area contributed by atoms with Crippen molar-refractivity contribution in [1.82, 2.24) is 9.47 Å². The standard InChI is InChI=1S/C18H31N3O2S/c1-17(2,3)14-12-20(15(19)24-14)11-13-9-7-8-10-21(13)16(22)23-18(4,5)6/h12-13,19H,7-11H2,1-6H3/t13-/m0/s1. The molecule has 1 aliphatic rings. The predicted molar refractivity (Wildman–Crippen MR) is 97.4 cm³/mol. The second-order valence-electron chi connectivity index (χ2n) is 8.63. The molecular weight excluding hydrogens is 322 g/mol. The van der Waals surface area contributed by atoms with Gasteiger partial charge in [-0.3, -0.25) is 5.41 Å². The second-order valence-corrected chi connectivity index (χ2v) is 9.66. The summed E-state index contributed by atoms with van der Waals surface area (Å²) in [5.41, 5.74) is -0.433. The average Bonchev–Trinajstić information content (AvgIpc) is 2.79. The lowest BCUT2D eigenvalue weighted by atomic mass is 9.95. The summed E-state index contributed by atoms with van der Waals surface area (Å²) in [5.74, 6) is 0. The molecule has 1 atom stereocenters. The highest BCUT2D eigenvalue weighted by molar-refractivity contribution is 7.09. The van der Waals surface area contributed by atoms with E-state index in [9.17, 15) is 4.79 Å². The van der Waals surface area contributed by atoms with Crippen molar-refractivity contribution in [3.63, 3.8) is 0 Å². The molecule has 0 aromatic carbocycles. The lowest BCUT2D eigenvalue weighted by Gasteiger charge is -2.36. The molecule has 1 fully saturated rings. The number of hydrogen-bond donors (Lipinski definition) is 1. The van der Waals surface area contributed by atoms with Gasteiger partial charge in [0, 0.05) is 24.2 Å². The SMILES string of the molecule is CC(C)(C)OC(=O)N1CCCC[C@H]1Cn1cc(C(C)(C)C)sc1=N. The molecule has 0 radical (unpaired) electrons. The Morgan fingerprint density at radius 2 is 1.96 bits per heavy atom. The molecule has 1 aromatic heterocycles. The molecule has 5 nitrogen and oxygen atoms in total. The number of piperidine rings is 1. The van der Waals surface area contributed by atoms with Crippen LogP contribution in [0, 0.1) is 5.41 Å². The number of aromatic nitrogens is 1. The Morgan fingerprint density at radius 1 is 1.29 bits per heavy atom. The number of hydrogen-bond acceptors (Lipinski definition) is 4. The fourth-order valence-electron chi connectivity index (χ4n) is 2.85. The van der Waals surface area contributed by atoms with E-state index in [1.165, 1.54) is 16.2 Å². The van der Waals surface area contributed by atoms with Crippen LogP contribution in [0.1, 0.15) is 65.7 Å². The van der Waals surface area contributed by atoms with E-state index in [4.69, 9.17) is 10.1 Å². The van der Waals surface area contributed by atoms with E-state index in [0.717, 1.165) is 25.8 Å². The van der Waals surface area contributed by atoms with Crippen LogP contribution in [0.25, 0.3) is 0 Å². The van der Waals surface area contributed by atoms with Crippen molar-refractivity contribution >= 4 is 17.4 Å². The zero-order valence-corrected chi connectivity index (χ0v) is 16.6. The topological polar surface area (TPSA) is 58.3 Å². The van der Waals surface area contributed by atoms with Crippen molar-refractivity contribution in [2.24, 2.45) is 0 Å². The van der Waals surface area contributed by atoms with Gasteiger partial charge in [-0.2, -0.15) is 0 Å². The highest BCUT2D eigenvalue weighted by atomic mass is 32.1. The van der Waals surface area contributed by atoms with Crippen molar-refractivity contribution < 1.29 is 9.53 Å². The zero-order valence-electron chi connectivity index (χ0n) is 15.8. The summed E-state index contributed by atoms with van der Waals surface area (Å²) in [6, 6.07) is 0.102. The highest BCUT2D eigenvalue weighted by Gasteiger charge is 2.31. The molecule has 2 rings (SSSR count). The van der Waals surface area contributed by atoms with E-state index in [0.29, 0.717) is 11.3 Å². The Morgan fingerprint density at radius 3 is 2.50 bits per heavy atom. The first-order valence-electron chi connectivity index (χ1n) is 8.72. The van der Waals surface area contributed by atoms with Gasteiger partial charge in [0.1, 0.15) is 5.60 Å². The third-order valence-electron chi connectivity index (χ3n) is 4.14. The van der Waals surface area contributed by atoms with Gasteiger partial charge in [0.25, 0.3) is 0 Å². The van der Waals surface area contributed by atoms with E-state index in [1.54, 1.807) is 0 Å². The molecule has 1 amide bonds. The number of carbonyl (C=O) groups is 1. The van der Waals surface area contributed by atoms with Crippen LogP contribution in [0.4, 0.5) is 4.79 Å². The van der Waals surface area contributed by atoms with Gasteiger partial charge in [-0.1, -0.05) is 20.8 Å². The van der Waals surface area contributed by atoms with Crippen molar-refractivity contribution in [3.8, 4) is 0 Å². The molecule has 0 bridgehead atoms. The normalized spacial score (nSPS) is 19.4. The lowest BCUT2D eigenvalue weighted by molar-refractivity contribution is 0.00769. The summed E-state index contributed by atoms with van der Waals surface area (Å²) in [6.45, 7) is 13.6. The first kappa shape index (κ1) is 19.0. The minimum Gasteiger partial charge on any atom is -0.444 e. The molecule has 6 heteroatoms. The molecule has 1 N–H and O–H groups in total. The largest absolute Gasteiger partial charge is 0.444 e. The van der Waals surface area contributed by atoms with Gasteiger partial charge in [-0.05, 0) is 45.4 Å². The molecule has 136 valence electrons. The second kappa shape index (κ2) is 6.90. The van der Waals surface area contributed by atoms with Gasteiger partial charge in [0.15, 0.2) is 4.80 Å². The van der Waals surface area contributed by atoms with Gasteiger partial charge < -0.3 is 14.2 Å². The zero-order chi connectivity index (χ0) is 18.1. The Labute approximate surface area is 149 Å². The number of nitrogens with zero attached hydrogens (tertiary/aromatic N) is 2. The average molecular weight is 354 g/mol. The summed E-state index contributed by atoms with van der Waals surface area (Å²) in [5, 5.41) is 8.25. The Bertz CT molecular complexity index is 634. The summed E-state index contributed by atoms with van der Waals surface area (Å²) in [6.07, 6.45) is 4.95. The highest BCUT2D eigenvalue weighted by Crippen LogP contribution is 2.26. The van der Waals surface area contributed by atoms with Crippen LogP contribution in [0.3, 0.4) is 0 Å². The summed E-state index contributed by atoms with van der Waals surface area (Å²) < 4.78 is 7.55. The lowest BCUT2D eigenvalue weighted by Crippen LogP contribution is -2.48. The van der Waals surface area contributed by atoms with Gasteiger partial charge in [0.05, 0.1) is 6.04 Å². The van der Waals surface area contributed by atoms with Crippen molar-refractivity contribution in [3.05, 3.63) is 15.9 Å². The Balaban J connectivity index is 2.16. The smallest absolute Gasteiger partial charge is 0.410 e. The monoisotopic (exact) mass is 353 g/mol. The minimum absolute atomic E-state index is 0.0448. The van der Waals surface area contributed by atoms with Crippen molar-refractivity contribution in [1.29, 1.82) is 5.41 Å². The van der Waals surface area contributed by atoms with Crippen LogP contribution >= 0.6 is 11.3 Å². The molecule has 0 unspecified atom stereocenters. The number of thiazole rings is 1. The van der Waals surface area contributed by atoms with Gasteiger partial charge >= 0.3 is 6.09 Å². The molecule has 24 heavy (non-hydrogen) atoms. The third-order valence-corrected chi connectivity index (χ3v) is 5.51. The van der Waals surface area contributed by atoms with Crippen molar-refractivity contribution in [2.45, 2.75) is 84.4 Å². The van der Waals surface area contributed by atoms with Crippen LogP contribution in [-0.4, -0.2) is 33.7 Å². The van der Waals surface area contributed by atoms with Crippen LogP contribution in [0.15, 0.2) is 6.20 Å². The van der Waals surface area contributed by atoms with E-state index >= 15 is 0 Å². The fourth-order valence-corrected chi connectivity index (χ4v) is 3.79. The van der Waals surface area contributed by atoms with Crippen LogP contribution in [-0.2, 0) is 16.7 Å². The summed E-state index contributed by atoms with van der Waals surface area (Å²) in [7, 11) is 0. The molecule has 1 saturated heterocycles. The number of likely N-dealkylation sites (tertiary alicyclic amines) is 1. The van der Waals surface area contributed by atoms with Gasteiger partial charge in [0.2, 0.25) is 0 Å². The molecule has 0 aliphatic carbocycles.